The zero-order valence-corrected chi connectivity index (χ0v) is 10.5. The SMILES string of the molecule is CCOc1ccc(NC(=O)c2ncccc2O)cc1. The van der Waals surface area contributed by atoms with Gasteiger partial charge in [-0.3, -0.25) is 4.79 Å². The summed E-state index contributed by atoms with van der Waals surface area (Å²) < 4.78 is 5.30. The minimum atomic E-state index is -0.456. The second-order valence-electron chi connectivity index (χ2n) is 3.78. The molecule has 1 heterocycles. The number of aromatic hydroxyl groups is 1. The smallest absolute Gasteiger partial charge is 0.278 e. The van der Waals surface area contributed by atoms with Crippen molar-refractivity contribution in [3.8, 4) is 11.5 Å². The standard InChI is InChI=1S/C14H14N2O3/c1-2-19-11-7-5-10(6-8-11)16-14(18)13-12(17)4-3-9-15-13/h3-9,17H,2H2,1H3,(H,16,18). The summed E-state index contributed by atoms with van der Waals surface area (Å²) in [6, 6.07) is 9.95. The molecule has 0 radical (unpaired) electrons. The van der Waals surface area contributed by atoms with E-state index in [9.17, 15) is 9.90 Å². The van der Waals surface area contributed by atoms with Crippen LogP contribution in [0.15, 0.2) is 42.6 Å². The summed E-state index contributed by atoms with van der Waals surface area (Å²) in [5.41, 5.74) is 0.606. The van der Waals surface area contributed by atoms with Crippen LogP contribution in [-0.2, 0) is 0 Å². The Hall–Kier alpha value is -2.56. The lowest BCUT2D eigenvalue weighted by atomic mass is 10.2. The molecular weight excluding hydrogens is 244 g/mol. The van der Waals surface area contributed by atoms with Gasteiger partial charge in [-0.1, -0.05) is 0 Å². The molecule has 0 aliphatic heterocycles. The summed E-state index contributed by atoms with van der Waals surface area (Å²) in [6.45, 7) is 2.49. The van der Waals surface area contributed by atoms with E-state index in [0.717, 1.165) is 5.75 Å². The molecule has 2 N–H and O–H groups in total. The van der Waals surface area contributed by atoms with Crippen molar-refractivity contribution >= 4 is 11.6 Å². The third kappa shape index (κ3) is 3.22. The van der Waals surface area contributed by atoms with Crippen molar-refractivity contribution in [3.05, 3.63) is 48.3 Å². The van der Waals surface area contributed by atoms with Gasteiger partial charge in [0.1, 0.15) is 11.5 Å². The fourth-order valence-electron chi connectivity index (χ4n) is 1.56. The first-order chi connectivity index (χ1) is 9.20. The molecule has 98 valence electrons. The maximum absolute atomic E-state index is 11.9. The lowest BCUT2D eigenvalue weighted by Crippen LogP contribution is -2.13. The molecule has 1 aromatic carbocycles. The highest BCUT2D eigenvalue weighted by atomic mass is 16.5. The van der Waals surface area contributed by atoms with Gasteiger partial charge in [0.15, 0.2) is 5.69 Å². The van der Waals surface area contributed by atoms with E-state index in [1.165, 1.54) is 12.3 Å². The van der Waals surface area contributed by atoms with Crippen LogP contribution in [-0.4, -0.2) is 22.6 Å². The van der Waals surface area contributed by atoms with Crippen molar-refractivity contribution in [2.45, 2.75) is 6.92 Å². The summed E-state index contributed by atoms with van der Waals surface area (Å²) in [7, 11) is 0. The number of nitrogens with zero attached hydrogens (tertiary/aromatic N) is 1. The molecule has 5 heteroatoms. The Morgan fingerprint density at radius 2 is 2.05 bits per heavy atom. The largest absolute Gasteiger partial charge is 0.505 e. The summed E-state index contributed by atoms with van der Waals surface area (Å²) in [5.74, 6) is 0.134. The van der Waals surface area contributed by atoms with Gasteiger partial charge in [-0.2, -0.15) is 0 Å². The van der Waals surface area contributed by atoms with Gasteiger partial charge in [-0.15, -0.1) is 0 Å². The average molecular weight is 258 g/mol. The number of hydrogen-bond acceptors (Lipinski definition) is 4. The molecule has 0 unspecified atom stereocenters. The average Bonchev–Trinajstić information content (AvgIpc) is 2.42. The van der Waals surface area contributed by atoms with E-state index in [-0.39, 0.29) is 11.4 Å². The van der Waals surface area contributed by atoms with Gasteiger partial charge in [0.05, 0.1) is 6.61 Å². The van der Waals surface area contributed by atoms with Crippen molar-refractivity contribution in [2.24, 2.45) is 0 Å². The Kier molecular flexibility index (Phi) is 3.97. The van der Waals surface area contributed by atoms with Crippen LogP contribution in [0.25, 0.3) is 0 Å². The number of ether oxygens (including phenoxy) is 1. The molecule has 2 rings (SSSR count). The van der Waals surface area contributed by atoms with Crippen LogP contribution >= 0.6 is 0 Å². The van der Waals surface area contributed by atoms with Crippen LogP contribution in [0, 0.1) is 0 Å². The molecule has 0 spiro atoms. The normalized spacial score (nSPS) is 9.95. The Labute approximate surface area is 110 Å². The zero-order chi connectivity index (χ0) is 13.7. The second-order valence-corrected chi connectivity index (χ2v) is 3.78. The highest BCUT2D eigenvalue weighted by Gasteiger charge is 2.12. The quantitative estimate of drug-likeness (QED) is 0.883. The maximum Gasteiger partial charge on any atom is 0.278 e. The summed E-state index contributed by atoms with van der Waals surface area (Å²) in [5, 5.41) is 12.2. The first-order valence-electron chi connectivity index (χ1n) is 5.89. The number of hydrogen-bond donors (Lipinski definition) is 2. The maximum atomic E-state index is 11.9. The fraction of sp³-hybridized carbons (Fsp3) is 0.143. The number of aromatic nitrogens is 1. The Morgan fingerprint density at radius 3 is 2.68 bits per heavy atom. The fourth-order valence-corrected chi connectivity index (χ4v) is 1.56. The van der Waals surface area contributed by atoms with Crippen LogP contribution < -0.4 is 10.1 Å². The van der Waals surface area contributed by atoms with Crippen molar-refractivity contribution in [1.29, 1.82) is 0 Å². The molecule has 5 nitrogen and oxygen atoms in total. The van der Waals surface area contributed by atoms with Crippen LogP contribution in [0.5, 0.6) is 11.5 Å². The van der Waals surface area contributed by atoms with E-state index in [1.54, 1.807) is 30.3 Å². The van der Waals surface area contributed by atoms with E-state index in [0.29, 0.717) is 12.3 Å². The van der Waals surface area contributed by atoms with E-state index in [2.05, 4.69) is 10.3 Å². The van der Waals surface area contributed by atoms with Gasteiger partial charge in [0.2, 0.25) is 0 Å². The lowest BCUT2D eigenvalue weighted by Gasteiger charge is -2.07. The topological polar surface area (TPSA) is 71.5 Å². The van der Waals surface area contributed by atoms with Gasteiger partial charge in [-0.25, -0.2) is 4.98 Å². The predicted octanol–water partition coefficient (Wildman–Crippen LogP) is 2.44. The second kappa shape index (κ2) is 5.86. The molecule has 0 saturated heterocycles. The summed E-state index contributed by atoms with van der Waals surface area (Å²) in [6.07, 6.45) is 1.45. The molecule has 0 aliphatic carbocycles. The number of nitrogens with one attached hydrogen (secondary N) is 1. The molecule has 2 aromatic rings. The number of amides is 1. The van der Waals surface area contributed by atoms with Gasteiger partial charge in [0.25, 0.3) is 5.91 Å². The monoisotopic (exact) mass is 258 g/mol. The van der Waals surface area contributed by atoms with Crippen molar-refractivity contribution in [2.75, 3.05) is 11.9 Å². The number of anilines is 1. The molecule has 0 fully saturated rings. The van der Waals surface area contributed by atoms with Gasteiger partial charge < -0.3 is 15.2 Å². The van der Waals surface area contributed by atoms with Crippen LogP contribution in [0.1, 0.15) is 17.4 Å². The highest BCUT2D eigenvalue weighted by molar-refractivity contribution is 6.04. The Morgan fingerprint density at radius 1 is 1.32 bits per heavy atom. The molecule has 1 aromatic heterocycles. The summed E-state index contributed by atoms with van der Waals surface area (Å²) >= 11 is 0. The third-order valence-electron chi connectivity index (χ3n) is 2.42. The molecule has 0 atom stereocenters. The van der Waals surface area contributed by atoms with Crippen molar-refractivity contribution in [1.82, 2.24) is 4.98 Å². The van der Waals surface area contributed by atoms with Crippen LogP contribution in [0.2, 0.25) is 0 Å². The molecule has 0 saturated carbocycles. The number of rotatable bonds is 4. The minimum absolute atomic E-state index is 0.00335. The van der Waals surface area contributed by atoms with E-state index in [4.69, 9.17) is 4.74 Å². The highest BCUT2D eigenvalue weighted by Crippen LogP contribution is 2.18. The van der Waals surface area contributed by atoms with E-state index in [1.807, 2.05) is 6.92 Å². The third-order valence-corrected chi connectivity index (χ3v) is 2.42. The van der Waals surface area contributed by atoms with Crippen LogP contribution in [0.4, 0.5) is 5.69 Å². The molecule has 0 aliphatic rings. The molecule has 1 amide bonds. The van der Waals surface area contributed by atoms with Gasteiger partial charge >= 0.3 is 0 Å². The summed E-state index contributed by atoms with van der Waals surface area (Å²) in [4.78, 5) is 15.7. The van der Waals surface area contributed by atoms with Gasteiger partial charge in [0, 0.05) is 11.9 Å². The number of pyridine rings is 1. The number of carbonyl (C=O) groups is 1. The van der Waals surface area contributed by atoms with Crippen molar-refractivity contribution < 1.29 is 14.6 Å². The van der Waals surface area contributed by atoms with Crippen LogP contribution in [0.3, 0.4) is 0 Å². The van der Waals surface area contributed by atoms with E-state index >= 15 is 0 Å². The molecular formula is C14H14N2O3. The number of carbonyl (C=O) groups excluding carboxylic acids is 1. The Bertz CT molecular complexity index is 567. The number of benzene rings is 1. The van der Waals surface area contributed by atoms with E-state index < -0.39 is 5.91 Å². The zero-order valence-electron chi connectivity index (χ0n) is 10.5. The lowest BCUT2D eigenvalue weighted by molar-refractivity contribution is 0.101. The molecule has 19 heavy (non-hydrogen) atoms. The first-order valence-corrected chi connectivity index (χ1v) is 5.89. The van der Waals surface area contributed by atoms with Crippen molar-refractivity contribution in [3.63, 3.8) is 0 Å². The Balaban J connectivity index is 2.09. The first kappa shape index (κ1) is 12.9. The molecule has 0 bridgehead atoms. The minimum Gasteiger partial charge on any atom is -0.505 e. The van der Waals surface area contributed by atoms with Gasteiger partial charge in [-0.05, 0) is 43.3 Å². The predicted molar refractivity (Wildman–Crippen MR) is 71.5 cm³/mol.